The monoisotopic (exact) mass is 385 g/mol. The molecule has 3 N–H and O–H groups in total. The van der Waals surface area contributed by atoms with E-state index >= 15 is 0 Å². The number of carbonyl (C=O) groups is 2. The quantitative estimate of drug-likeness (QED) is 0.474. The largest absolute Gasteiger partial charge is 0.322 e. The molecule has 2 rings (SSSR count). The highest BCUT2D eigenvalue weighted by Crippen LogP contribution is 2.27. The van der Waals surface area contributed by atoms with Crippen molar-refractivity contribution in [2.75, 3.05) is 30.8 Å². The van der Waals surface area contributed by atoms with Gasteiger partial charge < -0.3 is 15.5 Å². The minimum atomic E-state index is -0.530. The van der Waals surface area contributed by atoms with E-state index in [-0.39, 0.29) is 30.4 Å². The lowest BCUT2D eigenvalue weighted by Gasteiger charge is -2.15. The maximum Gasteiger partial charge on any atom is 0.293 e. The zero-order valence-electron chi connectivity index (χ0n) is 16.2. The number of carbonyl (C=O) groups excluding carboxylic acids is 2. The first kappa shape index (κ1) is 21.0. The van der Waals surface area contributed by atoms with Crippen LogP contribution < -0.4 is 15.5 Å². The van der Waals surface area contributed by atoms with Gasteiger partial charge in [0.25, 0.3) is 17.5 Å². The number of nitrogens with zero attached hydrogens (tertiary/aromatic N) is 1. The van der Waals surface area contributed by atoms with Gasteiger partial charge in [-0.3, -0.25) is 19.7 Å². The van der Waals surface area contributed by atoms with Gasteiger partial charge in [-0.15, -0.1) is 0 Å². The molecular weight excluding hydrogens is 360 g/mol. The average molecular weight is 385 g/mol. The first-order valence-electron chi connectivity index (χ1n) is 9.04. The standard InChI is InChI=1S/C20H24N4O4/c1-4-15-9-5-6-10-16(15)21-18(25)12-23(3)13-19(26)22-20-14(2)8-7-11-17(20)24(27)28/h5-11H,4,12-13H2,1-3H3,(H,21,25)(H,22,26)/p+1. The molecule has 0 bridgehead atoms. The molecule has 8 nitrogen and oxygen atoms in total. The van der Waals surface area contributed by atoms with E-state index in [4.69, 9.17) is 0 Å². The second-order valence-corrected chi connectivity index (χ2v) is 6.64. The van der Waals surface area contributed by atoms with Crippen molar-refractivity contribution >= 4 is 28.9 Å². The number of likely N-dealkylation sites (N-methyl/N-ethyl adjacent to an activating group) is 1. The van der Waals surface area contributed by atoms with Gasteiger partial charge in [0.05, 0.1) is 12.0 Å². The minimum absolute atomic E-state index is 0.00827. The Labute approximate surface area is 163 Å². The Balaban J connectivity index is 1.94. The summed E-state index contributed by atoms with van der Waals surface area (Å²) in [5, 5.41) is 16.6. The zero-order valence-corrected chi connectivity index (χ0v) is 16.2. The lowest BCUT2D eigenvalue weighted by molar-refractivity contribution is -0.862. The van der Waals surface area contributed by atoms with Gasteiger partial charge in [0.2, 0.25) is 0 Å². The molecule has 0 spiro atoms. The number of hydrogen-bond donors (Lipinski definition) is 3. The molecule has 0 saturated heterocycles. The summed E-state index contributed by atoms with van der Waals surface area (Å²) in [6.07, 6.45) is 0.802. The van der Waals surface area contributed by atoms with Gasteiger partial charge >= 0.3 is 0 Å². The van der Waals surface area contributed by atoms with Crippen molar-refractivity contribution in [3.63, 3.8) is 0 Å². The second kappa shape index (κ2) is 9.61. The van der Waals surface area contributed by atoms with E-state index in [1.807, 2.05) is 31.2 Å². The lowest BCUT2D eigenvalue weighted by Crippen LogP contribution is -3.11. The molecule has 1 unspecified atom stereocenters. The molecule has 0 radical (unpaired) electrons. The molecule has 0 aliphatic heterocycles. The van der Waals surface area contributed by atoms with Gasteiger partial charge in [-0.2, -0.15) is 0 Å². The van der Waals surface area contributed by atoms with Gasteiger partial charge in [0.15, 0.2) is 13.1 Å². The summed E-state index contributed by atoms with van der Waals surface area (Å²) >= 11 is 0. The lowest BCUT2D eigenvalue weighted by atomic mass is 10.1. The number of quaternary nitrogens is 1. The molecule has 2 amide bonds. The molecule has 0 aromatic heterocycles. The normalized spacial score (nSPS) is 11.5. The summed E-state index contributed by atoms with van der Waals surface area (Å²) in [5.41, 5.74) is 2.45. The molecule has 148 valence electrons. The third-order valence-corrected chi connectivity index (χ3v) is 4.31. The van der Waals surface area contributed by atoms with E-state index in [9.17, 15) is 19.7 Å². The third-order valence-electron chi connectivity index (χ3n) is 4.31. The van der Waals surface area contributed by atoms with Crippen LogP contribution in [-0.2, 0) is 16.0 Å². The molecule has 28 heavy (non-hydrogen) atoms. The van der Waals surface area contributed by atoms with Crippen LogP contribution in [0.1, 0.15) is 18.1 Å². The number of benzene rings is 2. The predicted molar refractivity (Wildman–Crippen MR) is 108 cm³/mol. The Hall–Kier alpha value is -3.26. The van der Waals surface area contributed by atoms with E-state index in [0.717, 1.165) is 17.7 Å². The van der Waals surface area contributed by atoms with E-state index < -0.39 is 10.8 Å². The number of amides is 2. The molecule has 2 aromatic carbocycles. The number of nitrogens with one attached hydrogen (secondary N) is 3. The first-order valence-corrected chi connectivity index (χ1v) is 9.04. The van der Waals surface area contributed by atoms with E-state index in [0.29, 0.717) is 10.5 Å². The van der Waals surface area contributed by atoms with E-state index in [2.05, 4.69) is 10.6 Å². The fourth-order valence-corrected chi connectivity index (χ4v) is 2.91. The van der Waals surface area contributed by atoms with Crippen molar-refractivity contribution in [1.29, 1.82) is 0 Å². The van der Waals surface area contributed by atoms with E-state index in [1.165, 1.54) is 6.07 Å². The summed E-state index contributed by atoms with van der Waals surface area (Å²) in [6.45, 7) is 3.81. The molecule has 0 aliphatic rings. The van der Waals surface area contributed by atoms with Gasteiger partial charge in [0.1, 0.15) is 5.69 Å². The number of para-hydroxylation sites is 2. The number of hydrogen-bond acceptors (Lipinski definition) is 4. The van der Waals surface area contributed by atoms with Crippen LogP contribution in [0, 0.1) is 17.0 Å². The molecule has 2 aromatic rings. The van der Waals surface area contributed by atoms with Crippen LogP contribution in [0.2, 0.25) is 0 Å². The van der Waals surface area contributed by atoms with Crippen LogP contribution in [0.4, 0.5) is 17.1 Å². The Morgan fingerprint density at radius 1 is 1.04 bits per heavy atom. The SMILES string of the molecule is CCc1ccccc1NC(=O)C[NH+](C)CC(=O)Nc1c(C)cccc1[N+](=O)[O-]. The molecule has 8 heteroatoms. The highest BCUT2D eigenvalue weighted by Gasteiger charge is 2.20. The maximum absolute atomic E-state index is 12.3. The van der Waals surface area contributed by atoms with Crippen molar-refractivity contribution < 1.29 is 19.4 Å². The molecular formula is C20H25N4O4+. The van der Waals surface area contributed by atoms with Crippen LogP contribution in [-0.4, -0.2) is 36.9 Å². The Morgan fingerprint density at radius 2 is 1.68 bits per heavy atom. The highest BCUT2D eigenvalue weighted by atomic mass is 16.6. The van der Waals surface area contributed by atoms with Gasteiger partial charge in [-0.1, -0.05) is 37.3 Å². The van der Waals surface area contributed by atoms with Crippen LogP contribution in [0.15, 0.2) is 42.5 Å². The topological polar surface area (TPSA) is 106 Å². The molecule has 0 fully saturated rings. The maximum atomic E-state index is 12.3. The van der Waals surface area contributed by atoms with Crippen molar-refractivity contribution in [3.05, 3.63) is 63.7 Å². The second-order valence-electron chi connectivity index (χ2n) is 6.64. The summed E-state index contributed by atoms with van der Waals surface area (Å²) in [7, 11) is 1.72. The van der Waals surface area contributed by atoms with Crippen molar-refractivity contribution in [2.45, 2.75) is 20.3 Å². The zero-order chi connectivity index (χ0) is 20.7. The summed E-state index contributed by atoms with van der Waals surface area (Å²) in [6, 6.07) is 12.2. The van der Waals surface area contributed by atoms with Gasteiger partial charge in [0, 0.05) is 11.8 Å². The fraction of sp³-hybridized carbons (Fsp3) is 0.300. The minimum Gasteiger partial charge on any atom is -0.322 e. The molecule has 0 saturated carbocycles. The Morgan fingerprint density at radius 3 is 2.32 bits per heavy atom. The van der Waals surface area contributed by atoms with Crippen LogP contribution >= 0.6 is 0 Å². The fourth-order valence-electron chi connectivity index (χ4n) is 2.91. The number of rotatable bonds is 8. The number of aryl methyl sites for hydroxylation is 2. The molecule has 0 heterocycles. The Kier molecular flexibility index (Phi) is 7.22. The average Bonchev–Trinajstić information content (AvgIpc) is 2.63. The van der Waals surface area contributed by atoms with Gasteiger partial charge in [-0.05, 0) is 30.5 Å². The molecule has 1 atom stereocenters. The van der Waals surface area contributed by atoms with Crippen LogP contribution in [0.25, 0.3) is 0 Å². The van der Waals surface area contributed by atoms with Crippen molar-refractivity contribution in [3.8, 4) is 0 Å². The Bertz CT molecular complexity index is 882. The van der Waals surface area contributed by atoms with Crippen molar-refractivity contribution in [2.24, 2.45) is 0 Å². The summed E-state index contributed by atoms with van der Waals surface area (Å²) < 4.78 is 0. The predicted octanol–water partition coefficient (Wildman–Crippen LogP) is 1.56. The summed E-state index contributed by atoms with van der Waals surface area (Å²) in [5.74, 6) is -0.593. The summed E-state index contributed by atoms with van der Waals surface area (Å²) in [4.78, 5) is 35.9. The number of anilines is 2. The van der Waals surface area contributed by atoms with Crippen molar-refractivity contribution in [1.82, 2.24) is 0 Å². The van der Waals surface area contributed by atoms with Crippen LogP contribution in [0.3, 0.4) is 0 Å². The van der Waals surface area contributed by atoms with Crippen LogP contribution in [0.5, 0.6) is 0 Å². The first-order chi connectivity index (χ1) is 13.3. The third kappa shape index (κ3) is 5.62. The van der Waals surface area contributed by atoms with Gasteiger partial charge in [-0.25, -0.2) is 0 Å². The highest BCUT2D eigenvalue weighted by molar-refractivity contribution is 5.95. The smallest absolute Gasteiger partial charge is 0.293 e. The number of nitro groups is 1. The number of nitro benzene ring substituents is 1. The molecule has 0 aliphatic carbocycles. The van der Waals surface area contributed by atoms with E-state index in [1.54, 1.807) is 26.1 Å².